The Bertz CT molecular complexity index is 512. The van der Waals surface area contributed by atoms with Crippen LogP contribution in [0.2, 0.25) is 0 Å². The molecule has 1 aromatic carbocycles. The maximum absolute atomic E-state index is 12.4. The number of piperidine rings is 1. The Morgan fingerprint density at radius 1 is 1.33 bits per heavy atom. The Kier molecular flexibility index (Phi) is 4.29. The Morgan fingerprint density at radius 2 is 2.14 bits per heavy atom. The summed E-state index contributed by atoms with van der Waals surface area (Å²) in [6.07, 6.45) is 2.06. The van der Waals surface area contributed by atoms with Crippen molar-refractivity contribution in [3.05, 3.63) is 23.8 Å². The highest BCUT2D eigenvalue weighted by Gasteiger charge is 2.24. The van der Waals surface area contributed by atoms with Gasteiger partial charge in [0, 0.05) is 20.1 Å². The van der Waals surface area contributed by atoms with E-state index in [2.05, 4.69) is 5.32 Å². The summed E-state index contributed by atoms with van der Waals surface area (Å²) in [7, 11) is 1.87. The molecule has 114 valence electrons. The molecule has 1 saturated heterocycles. The number of nitrogens with one attached hydrogen (secondary N) is 1. The van der Waals surface area contributed by atoms with Gasteiger partial charge in [0.2, 0.25) is 5.91 Å². The van der Waals surface area contributed by atoms with E-state index in [9.17, 15) is 4.79 Å². The van der Waals surface area contributed by atoms with Gasteiger partial charge < -0.3 is 19.7 Å². The standard InChI is InChI=1S/C16H22N2O3/c1-18(16(19)13-3-2-6-17-10-13)11-12-4-5-14-15(9-12)21-8-7-20-14/h4-5,9,13,17H,2-3,6-8,10-11H2,1H3. The molecule has 0 bridgehead atoms. The number of carbonyl (C=O) groups is 1. The maximum atomic E-state index is 12.4. The second-order valence-electron chi connectivity index (χ2n) is 5.72. The first-order valence-corrected chi connectivity index (χ1v) is 7.58. The van der Waals surface area contributed by atoms with Crippen LogP contribution < -0.4 is 14.8 Å². The molecular weight excluding hydrogens is 268 g/mol. The summed E-state index contributed by atoms with van der Waals surface area (Å²) >= 11 is 0. The molecule has 5 heteroatoms. The van der Waals surface area contributed by atoms with Gasteiger partial charge in [-0.2, -0.15) is 0 Å². The summed E-state index contributed by atoms with van der Waals surface area (Å²) < 4.78 is 11.1. The molecule has 5 nitrogen and oxygen atoms in total. The highest BCUT2D eigenvalue weighted by Crippen LogP contribution is 2.31. The summed E-state index contributed by atoms with van der Waals surface area (Å²) in [6, 6.07) is 5.89. The second kappa shape index (κ2) is 6.35. The molecule has 0 radical (unpaired) electrons. The predicted molar refractivity (Wildman–Crippen MR) is 79.5 cm³/mol. The normalized spacial score (nSPS) is 20.9. The van der Waals surface area contributed by atoms with E-state index >= 15 is 0 Å². The number of fused-ring (bicyclic) bond motifs is 1. The van der Waals surface area contributed by atoms with Crippen LogP contribution >= 0.6 is 0 Å². The Hall–Kier alpha value is -1.75. The first kappa shape index (κ1) is 14.2. The average molecular weight is 290 g/mol. The van der Waals surface area contributed by atoms with E-state index in [1.54, 1.807) is 0 Å². The summed E-state index contributed by atoms with van der Waals surface area (Å²) in [5.41, 5.74) is 1.07. The number of amides is 1. The third-order valence-electron chi connectivity index (χ3n) is 4.05. The molecule has 0 saturated carbocycles. The van der Waals surface area contributed by atoms with Crippen molar-refractivity contribution < 1.29 is 14.3 Å². The number of hydrogen-bond donors (Lipinski definition) is 1. The molecule has 1 unspecified atom stereocenters. The molecule has 1 aromatic rings. The van der Waals surface area contributed by atoms with Crippen LogP contribution in [-0.4, -0.2) is 44.2 Å². The molecule has 0 aromatic heterocycles. The SMILES string of the molecule is CN(Cc1ccc2c(c1)OCCO2)C(=O)C1CCCNC1. The molecule has 2 aliphatic heterocycles. The third kappa shape index (κ3) is 3.29. The molecule has 0 spiro atoms. The Morgan fingerprint density at radius 3 is 2.90 bits per heavy atom. The van der Waals surface area contributed by atoms with E-state index in [4.69, 9.17) is 9.47 Å². The van der Waals surface area contributed by atoms with Crippen molar-refractivity contribution in [1.29, 1.82) is 0 Å². The van der Waals surface area contributed by atoms with E-state index in [1.165, 1.54) is 0 Å². The van der Waals surface area contributed by atoms with Gasteiger partial charge in [-0.1, -0.05) is 6.07 Å². The number of ether oxygens (including phenoxy) is 2. The van der Waals surface area contributed by atoms with Crippen molar-refractivity contribution >= 4 is 5.91 Å². The van der Waals surface area contributed by atoms with Crippen LogP contribution in [0, 0.1) is 5.92 Å². The minimum atomic E-state index is 0.112. The summed E-state index contributed by atoms with van der Waals surface area (Å²) in [5, 5.41) is 3.29. The Balaban J connectivity index is 1.63. The molecule has 2 heterocycles. The zero-order valence-electron chi connectivity index (χ0n) is 12.4. The molecule has 1 amide bonds. The van der Waals surface area contributed by atoms with Crippen molar-refractivity contribution in [3.63, 3.8) is 0 Å². The zero-order chi connectivity index (χ0) is 14.7. The van der Waals surface area contributed by atoms with Crippen LogP contribution in [0.25, 0.3) is 0 Å². The van der Waals surface area contributed by atoms with E-state index < -0.39 is 0 Å². The number of hydrogen-bond acceptors (Lipinski definition) is 4. The van der Waals surface area contributed by atoms with Crippen LogP contribution in [0.5, 0.6) is 11.5 Å². The van der Waals surface area contributed by atoms with E-state index in [0.717, 1.165) is 43.0 Å². The summed E-state index contributed by atoms with van der Waals surface area (Å²) in [5.74, 6) is 1.90. The largest absolute Gasteiger partial charge is 0.486 e. The van der Waals surface area contributed by atoms with Gasteiger partial charge in [-0.05, 0) is 37.1 Å². The molecule has 1 atom stereocenters. The monoisotopic (exact) mass is 290 g/mol. The quantitative estimate of drug-likeness (QED) is 0.914. The minimum Gasteiger partial charge on any atom is -0.486 e. The number of nitrogens with zero attached hydrogens (tertiary/aromatic N) is 1. The highest BCUT2D eigenvalue weighted by atomic mass is 16.6. The topological polar surface area (TPSA) is 50.8 Å². The number of rotatable bonds is 3. The first-order chi connectivity index (χ1) is 10.2. The molecule has 1 fully saturated rings. The fourth-order valence-corrected chi connectivity index (χ4v) is 2.91. The fraction of sp³-hybridized carbons (Fsp3) is 0.562. The van der Waals surface area contributed by atoms with Gasteiger partial charge >= 0.3 is 0 Å². The average Bonchev–Trinajstić information content (AvgIpc) is 2.55. The smallest absolute Gasteiger partial charge is 0.227 e. The number of benzene rings is 1. The second-order valence-corrected chi connectivity index (χ2v) is 5.72. The zero-order valence-corrected chi connectivity index (χ0v) is 12.4. The predicted octanol–water partition coefficient (Wildman–Crippen LogP) is 1.42. The van der Waals surface area contributed by atoms with Crippen molar-refractivity contribution in [2.24, 2.45) is 5.92 Å². The summed E-state index contributed by atoms with van der Waals surface area (Å²) in [4.78, 5) is 14.2. The van der Waals surface area contributed by atoms with Crippen LogP contribution in [0.4, 0.5) is 0 Å². The highest BCUT2D eigenvalue weighted by molar-refractivity contribution is 5.79. The van der Waals surface area contributed by atoms with Crippen molar-refractivity contribution in [2.75, 3.05) is 33.4 Å². The third-order valence-corrected chi connectivity index (χ3v) is 4.05. The van der Waals surface area contributed by atoms with Gasteiger partial charge in [0.15, 0.2) is 11.5 Å². The molecule has 0 aliphatic carbocycles. The fourth-order valence-electron chi connectivity index (χ4n) is 2.91. The van der Waals surface area contributed by atoms with Gasteiger partial charge in [0.05, 0.1) is 5.92 Å². The maximum Gasteiger partial charge on any atom is 0.227 e. The molecule has 21 heavy (non-hydrogen) atoms. The van der Waals surface area contributed by atoms with Crippen molar-refractivity contribution in [2.45, 2.75) is 19.4 Å². The van der Waals surface area contributed by atoms with E-state index in [0.29, 0.717) is 19.8 Å². The van der Waals surface area contributed by atoms with Crippen LogP contribution in [0.1, 0.15) is 18.4 Å². The molecule has 2 aliphatic rings. The lowest BCUT2D eigenvalue weighted by atomic mass is 9.98. The van der Waals surface area contributed by atoms with Gasteiger partial charge in [-0.15, -0.1) is 0 Å². The first-order valence-electron chi connectivity index (χ1n) is 7.58. The van der Waals surface area contributed by atoms with Gasteiger partial charge in [-0.25, -0.2) is 0 Å². The summed E-state index contributed by atoms with van der Waals surface area (Å²) in [6.45, 7) is 3.60. The minimum absolute atomic E-state index is 0.112. The van der Waals surface area contributed by atoms with Gasteiger partial charge in [-0.3, -0.25) is 4.79 Å². The molecule has 1 N–H and O–H groups in total. The van der Waals surface area contributed by atoms with Crippen molar-refractivity contribution in [1.82, 2.24) is 10.2 Å². The number of carbonyl (C=O) groups excluding carboxylic acids is 1. The van der Waals surface area contributed by atoms with Gasteiger partial charge in [0.25, 0.3) is 0 Å². The van der Waals surface area contributed by atoms with Crippen molar-refractivity contribution in [3.8, 4) is 11.5 Å². The van der Waals surface area contributed by atoms with E-state index in [-0.39, 0.29) is 11.8 Å². The van der Waals surface area contributed by atoms with Gasteiger partial charge in [0.1, 0.15) is 13.2 Å². The van der Waals surface area contributed by atoms with Crippen LogP contribution in [0.15, 0.2) is 18.2 Å². The van der Waals surface area contributed by atoms with E-state index in [1.807, 2.05) is 30.1 Å². The molecular formula is C16H22N2O3. The van der Waals surface area contributed by atoms with Crippen LogP contribution in [0.3, 0.4) is 0 Å². The lowest BCUT2D eigenvalue weighted by molar-refractivity contribution is -0.135. The lowest BCUT2D eigenvalue weighted by Crippen LogP contribution is -2.41. The lowest BCUT2D eigenvalue weighted by Gasteiger charge is -2.27. The molecule has 3 rings (SSSR count). The Labute approximate surface area is 125 Å². The van der Waals surface area contributed by atoms with Crippen LogP contribution in [-0.2, 0) is 11.3 Å².